The molecule has 0 bridgehead atoms. The normalized spacial score (nSPS) is 13.4. The Morgan fingerprint density at radius 2 is 1.90 bits per heavy atom. The third-order valence-electron chi connectivity index (χ3n) is 5.29. The number of amides is 1. The first-order valence-corrected chi connectivity index (χ1v) is 10.2. The van der Waals surface area contributed by atoms with Crippen LogP contribution in [0.3, 0.4) is 0 Å². The minimum absolute atomic E-state index is 0.0356. The van der Waals surface area contributed by atoms with Gasteiger partial charge in [-0.1, -0.05) is 36.4 Å². The van der Waals surface area contributed by atoms with Crippen LogP contribution >= 0.6 is 0 Å². The third kappa shape index (κ3) is 3.76. The van der Waals surface area contributed by atoms with Gasteiger partial charge in [0.2, 0.25) is 0 Å². The van der Waals surface area contributed by atoms with E-state index in [1.165, 1.54) is 0 Å². The molecule has 0 spiro atoms. The molecule has 0 unspecified atom stereocenters. The summed E-state index contributed by atoms with van der Waals surface area (Å²) in [4.78, 5) is 17.5. The number of rotatable bonds is 6. The van der Waals surface area contributed by atoms with Crippen molar-refractivity contribution in [3.8, 4) is 5.69 Å². The highest BCUT2D eigenvalue weighted by Crippen LogP contribution is 2.24. The maximum absolute atomic E-state index is 12.8. The topological polar surface area (TPSA) is 71.8 Å². The zero-order valence-electron chi connectivity index (χ0n) is 16.8. The van der Waals surface area contributed by atoms with Crippen LogP contribution in [0.2, 0.25) is 0 Å². The summed E-state index contributed by atoms with van der Waals surface area (Å²) in [6.45, 7) is 2.55. The number of hydrogen-bond donors (Lipinski definition) is 2. The van der Waals surface area contributed by atoms with Gasteiger partial charge in [0, 0.05) is 24.2 Å². The average Bonchev–Trinajstić information content (AvgIpc) is 3.48. The molecule has 1 aliphatic rings. The molecule has 5 rings (SSSR count). The van der Waals surface area contributed by atoms with Crippen molar-refractivity contribution in [3.05, 3.63) is 83.7 Å². The molecule has 2 aromatic carbocycles. The molecule has 0 atom stereocenters. The predicted octanol–water partition coefficient (Wildman–Crippen LogP) is 4.23. The minimum Gasteiger partial charge on any atom is -0.366 e. The lowest BCUT2D eigenvalue weighted by atomic mass is 10.1. The summed E-state index contributed by atoms with van der Waals surface area (Å²) < 4.78 is 1.88. The Morgan fingerprint density at radius 3 is 2.70 bits per heavy atom. The van der Waals surface area contributed by atoms with Crippen LogP contribution in [0.25, 0.3) is 16.6 Å². The lowest BCUT2D eigenvalue weighted by Crippen LogP contribution is -2.25. The first-order chi connectivity index (χ1) is 14.7. The van der Waals surface area contributed by atoms with Gasteiger partial charge >= 0.3 is 0 Å². The number of pyridine rings is 1. The van der Waals surface area contributed by atoms with Crippen molar-refractivity contribution < 1.29 is 4.79 Å². The molecule has 1 saturated carbocycles. The maximum atomic E-state index is 12.8. The molecule has 1 fully saturated rings. The van der Waals surface area contributed by atoms with Crippen LogP contribution < -0.4 is 10.6 Å². The molecule has 2 N–H and O–H groups in total. The van der Waals surface area contributed by atoms with Gasteiger partial charge in [-0.25, -0.2) is 9.67 Å². The fourth-order valence-electron chi connectivity index (χ4n) is 3.56. The minimum atomic E-state index is -0.0356. The van der Waals surface area contributed by atoms with Gasteiger partial charge in [0.15, 0.2) is 0 Å². The van der Waals surface area contributed by atoms with Crippen LogP contribution in [0, 0.1) is 6.92 Å². The fraction of sp³-hybridized carbons (Fsp3) is 0.208. The second-order valence-electron chi connectivity index (χ2n) is 7.70. The number of carbonyl (C=O) groups excluding carboxylic acids is 1. The number of aryl methyl sites for hydroxylation is 1. The number of nitrogens with zero attached hydrogens (tertiary/aromatic N) is 3. The van der Waals surface area contributed by atoms with Gasteiger partial charge in [-0.05, 0) is 49.6 Å². The van der Waals surface area contributed by atoms with Crippen molar-refractivity contribution >= 4 is 22.6 Å². The smallest absolute Gasteiger partial charge is 0.252 e. The summed E-state index contributed by atoms with van der Waals surface area (Å²) in [6, 6.07) is 20.0. The van der Waals surface area contributed by atoms with Gasteiger partial charge in [0.25, 0.3) is 5.91 Å². The molecule has 2 heterocycles. The average molecular weight is 397 g/mol. The second kappa shape index (κ2) is 7.63. The Balaban J connectivity index is 1.44. The number of para-hydroxylation sites is 2. The van der Waals surface area contributed by atoms with Gasteiger partial charge in [0.1, 0.15) is 5.82 Å². The molecule has 0 radical (unpaired) electrons. The third-order valence-corrected chi connectivity index (χ3v) is 5.29. The van der Waals surface area contributed by atoms with Crippen LogP contribution in [0.5, 0.6) is 0 Å². The Morgan fingerprint density at radius 1 is 1.10 bits per heavy atom. The van der Waals surface area contributed by atoms with Crippen LogP contribution in [-0.2, 0) is 6.54 Å². The van der Waals surface area contributed by atoms with Crippen LogP contribution in [-0.4, -0.2) is 26.7 Å². The highest BCUT2D eigenvalue weighted by atomic mass is 16.1. The lowest BCUT2D eigenvalue weighted by Gasteiger charge is -2.13. The van der Waals surface area contributed by atoms with Crippen molar-refractivity contribution in [2.75, 3.05) is 5.32 Å². The Labute approximate surface area is 174 Å². The van der Waals surface area contributed by atoms with Crippen molar-refractivity contribution in [2.24, 2.45) is 0 Å². The number of hydrogen-bond acceptors (Lipinski definition) is 4. The molecule has 2 aromatic heterocycles. The fourth-order valence-corrected chi connectivity index (χ4v) is 3.56. The van der Waals surface area contributed by atoms with E-state index in [4.69, 9.17) is 4.98 Å². The monoisotopic (exact) mass is 397 g/mol. The molecule has 0 aliphatic heterocycles. The van der Waals surface area contributed by atoms with Gasteiger partial charge < -0.3 is 10.6 Å². The zero-order valence-corrected chi connectivity index (χ0v) is 16.8. The molecule has 150 valence electrons. The summed E-state index contributed by atoms with van der Waals surface area (Å²) in [5.74, 6) is 0.646. The van der Waals surface area contributed by atoms with E-state index in [0.717, 1.165) is 40.7 Å². The first-order valence-electron chi connectivity index (χ1n) is 10.2. The Bertz CT molecular complexity index is 1230. The van der Waals surface area contributed by atoms with E-state index in [-0.39, 0.29) is 5.91 Å². The Hall–Kier alpha value is -3.67. The van der Waals surface area contributed by atoms with Gasteiger partial charge in [-0.2, -0.15) is 5.10 Å². The van der Waals surface area contributed by atoms with E-state index >= 15 is 0 Å². The number of carbonyl (C=O) groups is 1. The summed E-state index contributed by atoms with van der Waals surface area (Å²) in [6.07, 6.45) is 4.08. The summed E-state index contributed by atoms with van der Waals surface area (Å²) >= 11 is 0. The van der Waals surface area contributed by atoms with Gasteiger partial charge in [-0.3, -0.25) is 4.79 Å². The molecule has 1 aliphatic carbocycles. The quantitative estimate of drug-likeness (QED) is 0.511. The Kier molecular flexibility index (Phi) is 4.67. The number of benzene rings is 2. The standard InChI is InChI=1S/C24H23N5O/c1-16-12-13-29(28-16)22-9-5-2-6-17(22)15-25-23-14-20(24(30)26-18-10-11-18)19-7-3-4-8-21(19)27-23/h2-9,12-14,18H,10-11,15H2,1H3,(H,25,27)(H,26,30). The molecule has 6 heteroatoms. The van der Waals surface area contributed by atoms with Crippen LogP contribution in [0.15, 0.2) is 66.9 Å². The summed E-state index contributed by atoms with van der Waals surface area (Å²) in [7, 11) is 0. The van der Waals surface area contributed by atoms with Crippen LogP contribution in [0.4, 0.5) is 5.82 Å². The number of anilines is 1. The number of fused-ring (bicyclic) bond motifs is 1. The van der Waals surface area contributed by atoms with E-state index in [1.807, 2.05) is 72.4 Å². The van der Waals surface area contributed by atoms with E-state index in [0.29, 0.717) is 24.0 Å². The summed E-state index contributed by atoms with van der Waals surface area (Å²) in [5.41, 5.74) is 4.55. The number of aromatic nitrogens is 3. The van der Waals surface area contributed by atoms with Crippen molar-refractivity contribution in [2.45, 2.75) is 32.4 Å². The van der Waals surface area contributed by atoms with Crippen molar-refractivity contribution in [3.63, 3.8) is 0 Å². The van der Waals surface area contributed by atoms with E-state index < -0.39 is 0 Å². The summed E-state index contributed by atoms with van der Waals surface area (Å²) in [5, 5.41) is 11.9. The molecule has 6 nitrogen and oxygen atoms in total. The van der Waals surface area contributed by atoms with E-state index in [9.17, 15) is 4.79 Å². The molecule has 30 heavy (non-hydrogen) atoms. The van der Waals surface area contributed by atoms with Crippen molar-refractivity contribution in [1.82, 2.24) is 20.1 Å². The number of nitrogens with one attached hydrogen (secondary N) is 2. The highest BCUT2D eigenvalue weighted by molar-refractivity contribution is 6.07. The SMILES string of the molecule is Cc1ccn(-c2ccccc2CNc2cc(C(=O)NC3CC3)c3ccccc3n2)n1. The molecule has 1 amide bonds. The first kappa shape index (κ1) is 18.4. The van der Waals surface area contributed by atoms with E-state index in [1.54, 1.807) is 0 Å². The van der Waals surface area contributed by atoms with Crippen LogP contribution in [0.1, 0.15) is 34.5 Å². The molecular weight excluding hydrogens is 374 g/mol. The zero-order chi connectivity index (χ0) is 20.5. The predicted molar refractivity (Wildman–Crippen MR) is 118 cm³/mol. The molecular formula is C24H23N5O. The highest BCUT2D eigenvalue weighted by Gasteiger charge is 2.25. The second-order valence-corrected chi connectivity index (χ2v) is 7.70. The largest absolute Gasteiger partial charge is 0.366 e. The van der Waals surface area contributed by atoms with E-state index in [2.05, 4.69) is 21.8 Å². The van der Waals surface area contributed by atoms with Gasteiger partial charge in [0.05, 0.1) is 22.5 Å². The van der Waals surface area contributed by atoms with Gasteiger partial charge in [-0.15, -0.1) is 0 Å². The lowest BCUT2D eigenvalue weighted by molar-refractivity contribution is 0.0952. The molecule has 4 aromatic rings. The van der Waals surface area contributed by atoms with Crippen molar-refractivity contribution in [1.29, 1.82) is 0 Å². The molecule has 0 saturated heterocycles. The maximum Gasteiger partial charge on any atom is 0.252 e.